The van der Waals surface area contributed by atoms with Gasteiger partial charge in [0.05, 0.1) is 6.61 Å². The second kappa shape index (κ2) is 9.80. The molecule has 2 aromatic rings. The van der Waals surface area contributed by atoms with Gasteiger partial charge in [-0.1, -0.05) is 12.8 Å². The first kappa shape index (κ1) is 19.0. The quantitative estimate of drug-likeness (QED) is 0.573. The van der Waals surface area contributed by atoms with Crippen LogP contribution in [0.25, 0.3) is 0 Å². The lowest BCUT2D eigenvalue weighted by Crippen LogP contribution is -2.41. The van der Waals surface area contributed by atoms with E-state index in [9.17, 15) is 0 Å². The van der Waals surface area contributed by atoms with E-state index in [-0.39, 0.29) is 0 Å². The Morgan fingerprint density at radius 2 is 1.89 bits per heavy atom. The zero-order valence-electron chi connectivity index (χ0n) is 16.1. The number of rotatable bonds is 7. The van der Waals surface area contributed by atoms with Crippen molar-refractivity contribution in [1.82, 2.24) is 15.6 Å². The average Bonchev–Trinajstić information content (AvgIpc) is 3.20. The monoisotopic (exact) mass is 368 g/mol. The first-order chi connectivity index (χ1) is 13.3. The summed E-state index contributed by atoms with van der Waals surface area (Å²) in [5.74, 6) is 2.97. The van der Waals surface area contributed by atoms with Crippen LogP contribution in [-0.2, 0) is 6.54 Å². The summed E-state index contributed by atoms with van der Waals surface area (Å²) in [6.07, 6.45) is 6.79. The molecule has 0 unspecified atom stereocenters. The minimum Gasteiger partial charge on any atom is -0.494 e. The molecule has 0 aliphatic heterocycles. The summed E-state index contributed by atoms with van der Waals surface area (Å²) in [6.45, 7) is 3.27. The van der Waals surface area contributed by atoms with Crippen LogP contribution in [0.2, 0.25) is 0 Å². The molecule has 1 aliphatic carbocycles. The molecular weight excluding hydrogens is 340 g/mol. The predicted octanol–water partition coefficient (Wildman–Crippen LogP) is 3.88. The number of aliphatic imine (C=N–C) groups is 1. The molecule has 1 fully saturated rings. The van der Waals surface area contributed by atoms with E-state index in [0.29, 0.717) is 25.1 Å². The molecule has 0 spiro atoms. The van der Waals surface area contributed by atoms with Crippen molar-refractivity contribution in [2.45, 2.75) is 45.2 Å². The Labute approximate surface area is 161 Å². The maximum absolute atomic E-state index is 5.85. The minimum atomic E-state index is 0.534. The fourth-order valence-corrected chi connectivity index (χ4v) is 3.15. The molecule has 27 heavy (non-hydrogen) atoms. The molecule has 1 saturated carbocycles. The van der Waals surface area contributed by atoms with Crippen LogP contribution in [0.5, 0.6) is 17.4 Å². The van der Waals surface area contributed by atoms with Crippen molar-refractivity contribution in [3.8, 4) is 17.4 Å². The van der Waals surface area contributed by atoms with Gasteiger partial charge in [0.1, 0.15) is 11.5 Å². The van der Waals surface area contributed by atoms with Crippen LogP contribution in [0.3, 0.4) is 0 Å². The van der Waals surface area contributed by atoms with Gasteiger partial charge in [-0.2, -0.15) is 0 Å². The maximum Gasteiger partial charge on any atom is 0.219 e. The highest BCUT2D eigenvalue weighted by Gasteiger charge is 2.15. The number of nitrogens with one attached hydrogen (secondary N) is 2. The third-order valence-corrected chi connectivity index (χ3v) is 4.54. The van der Waals surface area contributed by atoms with E-state index in [1.165, 1.54) is 25.7 Å². The number of aromatic nitrogens is 1. The van der Waals surface area contributed by atoms with Gasteiger partial charge >= 0.3 is 0 Å². The molecule has 2 N–H and O–H groups in total. The number of benzene rings is 1. The Morgan fingerprint density at radius 1 is 1.15 bits per heavy atom. The number of hydrogen-bond acceptors (Lipinski definition) is 4. The van der Waals surface area contributed by atoms with E-state index in [4.69, 9.17) is 9.47 Å². The molecule has 0 saturated heterocycles. The van der Waals surface area contributed by atoms with Crippen LogP contribution < -0.4 is 20.1 Å². The summed E-state index contributed by atoms with van der Waals surface area (Å²) < 4.78 is 11.3. The number of guanidine groups is 1. The van der Waals surface area contributed by atoms with E-state index >= 15 is 0 Å². The Hall–Kier alpha value is -2.76. The highest BCUT2D eigenvalue weighted by atomic mass is 16.5. The highest BCUT2D eigenvalue weighted by molar-refractivity contribution is 5.79. The van der Waals surface area contributed by atoms with Gasteiger partial charge in [-0.05, 0) is 55.7 Å². The topological polar surface area (TPSA) is 67.8 Å². The Balaban J connectivity index is 1.54. The van der Waals surface area contributed by atoms with Gasteiger partial charge in [-0.15, -0.1) is 0 Å². The first-order valence-corrected chi connectivity index (χ1v) is 9.59. The van der Waals surface area contributed by atoms with Gasteiger partial charge < -0.3 is 20.1 Å². The number of ether oxygens (including phenoxy) is 2. The van der Waals surface area contributed by atoms with Gasteiger partial charge in [0.15, 0.2) is 5.96 Å². The van der Waals surface area contributed by atoms with E-state index < -0.39 is 0 Å². The minimum absolute atomic E-state index is 0.534. The van der Waals surface area contributed by atoms with Gasteiger partial charge in [0.2, 0.25) is 5.88 Å². The lowest BCUT2D eigenvalue weighted by Gasteiger charge is -2.17. The molecule has 0 atom stereocenters. The lowest BCUT2D eigenvalue weighted by molar-refractivity contribution is 0.339. The molecule has 0 radical (unpaired) electrons. The Bertz CT molecular complexity index is 740. The van der Waals surface area contributed by atoms with Crippen LogP contribution in [0, 0.1) is 0 Å². The summed E-state index contributed by atoms with van der Waals surface area (Å²) >= 11 is 0. The van der Waals surface area contributed by atoms with Crippen LogP contribution in [0.15, 0.2) is 47.6 Å². The van der Waals surface area contributed by atoms with Crippen LogP contribution in [-0.4, -0.2) is 30.6 Å². The van der Waals surface area contributed by atoms with E-state index in [1.807, 2.05) is 43.3 Å². The van der Waals surface area contributed by atoms with Crippen molar-refractivity contribution < 1.29 is 9.47 Å². The van der Waals surface area contributed by atoms with Crippen molar-refractivity contribution >= 4 is 5.96 Å². The fourth-order valence-electron chi connectivity index (χ4n) is 3.15. The van der Waals surface area contributed by atoms with Crippen molar-refractivity contribution in [3.05, 3.63) is 48.2 Å². The van der Waals surface area contributed by atoms with Gasteiger partial charge in [0, 0.05) is 31.9 Å². The third kappa shape index (κ3) is 5.88. The second-order valence-corrected chi connectivity index (χ2v) is 6.56. The standard InChI is InChI=1S/C21H28N4O2/c1-3-26-18-8-10-19(11-9-18)27-20-14-16(12-13-23-20)15-24-21(22-2)25-17-6-4-5-7-17/h8-14,17H,3-7,15H2,1-2H3,(H2,22,24,25). The van der Waals surface area contributed by atoms with Crippen LogP contribution in [0.4, 0.5) is 0 Å². The molecule has 6 nitrogen and oxygen atoms in total. The van der Waals surface area contributed by atoms with Crippen molar-refractivity contribution in [1.29, 1.82) is 0 Å². The summed E-state index contributed by atoms with van der Waals surface area (Å²) in [4.78, 5) is 8.61. The summed E-state index contributed by atoms with van der Waals surface area (Å²) in [6, 6.07) is 12.0. The van der Waals surface area contributed by atoms with E-state index in [2.05, 4.69) is 20.6 Å². The Morgan fingerprint density at radius 3 is 2.59 bits per heavy atom. The van der Waals surface area contributed by atoms with E-state index in [0.717, 1.165) is 23.0 Å². The smallest absolute Gasteiger partial charge is 0.219 e. The zero-order valence-corrected chi connectivity index (χ0v) is 16.1. The van der Waals surface area contributed by atoms with Gasteiger partial charge in [-0.3, -0.25) is 4.99 Å². The number of nitrogens with zero attached hydrogens (tertiary/aromatic N) is 2. The summed E-state index contributed by atoms with van der Waals surface area (Å²) in [5, 5.41) is 6.85. The molecule has 0 bridgehead atoms. The maximum atomic E-state index is 5.85. The molecule has 3 rings (SSSR count). The van der Waals surface area contributed by atoms with Crippen molar-refractivity contribution in [2.75, 3.05) is 13.7 Å². The number of hydrogen-bond donors (Lipinski definition) is 2. The molecule has 1 aromatic heterocycles. The molecule has 0 amide bonds. The second-order valence-electron chi connectivity index (χ2n) is 6.56. The van der Waals surface area contributed by atoms with Gasteiger partial charge in [0.25, 0.3) is 0 Å². The summed E-state index contributed by atoms with van der Waals surface area (Å²) in [7, 11) is 1.80. The highest BCUT2D eigenvalue weighted by Crippen LogP contribution is 2.23. The fraction of sp³-hybridized carbons (Fsp3) is 0.429. The SMILES string of the molecule is CCOc1ccc(Oc2cc(CNC(=NC)NC3CCCC3)ccn2)cc1. The molecule has 1 aromatic carbocycles. The number of pyridine rings is 1. The molecule has 1 heterocycles. The predicted molar refractivity (Wildman–Crippen MR) is 108 cm³/mol. The van der Waals surface area contributed by atoms with Gasteiger partial charge in [-0.25, -0.2) is 4.98 Å². The average molecular weight is 368 g/mol. The zero-order chi connectivity index (χ0) is 18.9. The van der Waals surface area contributed by atoms with E-state index in [1.54, 1.807) is 13.2 Å². The molecule has 6 heteroatoms. The molecule has 144 valence electrons. The van der Waals surface area contributed by atoms with Crippen LogP contribution in [0.1, 0.15) is 38.2 Å². The normalized spacial score (nSPS) is 14.8. The molecular formula is C21H28N4O2. The van der Waals surface area contributed by atoms with Crippen LogP contribution >= 0.6 is 0 Å². The largest absolute Gasteiger partial charge is 0.494 e. The summed E-state index contributed by atoms with van der Waals surface area (Å²) in [5.41, 5.74) is 1.08. The third-order valence-electron chi connectivity index (χ3n) is 4.54. The first-order valence-electron chi connectivity index (χ1n) is 9.59. The lowest BCUT2D eigenvalue weighted by atomic mass is 10.2. The van der Waals surface area contributed by atoms with Crippen molar-refractivity contribution in [3.63, 3.8) is 0 Å². The Kier molecular flexibility index (Phi) is 6.90. The van der Waals surface area contributed by atoms with Crippen molar-refractivity contribution in [2.24, 2.45) is 4.99 Å². The molecule has 1 aliphatic rings.